The molecule has 0 saturated carbocycles. The lowest BCUT2D eigenvalue weighted by Gasteiger charge is -2.07. The standard InChI is InChI=1S/C14H9FN4OS/c15-9-5-8(6-16)1-2-10(9)17-7-12-18-11-3-4-21-13(11)14(20)19-12/h1-5,17H,7H2,(H,18,19,20). The van der Waals surface area contributed by atoms with Crippen LogP contribution in [0, 0.1) is 17.1 Å². The number of H-pyrrole nitrogens is 1. The van der Waals surface area contributed by atoms with Gasteiger partial charge in [-0.15, -0.1) is 11.3 Å². The van der Waals surface area contributed by atoms with Crippen molar-refractivity contribution in [1.29, 1.82) is 5.26 Å². The highest BCUT2D eigenvalue weighted by Gasteiger charge is 2.07. The molecule has 21 heavy (non-hydrogen) atoms. The number of halogens is 1. The monoisotopic (exact) mass is 300 g/mol. The Hall–Kier alpha value is -2.72. The maximum Gasteiger partial charge on any atom is 0.268 e. The number of nitriles is 1. The van der Waals surface area contributed by atoms with Crippen LogP contribution in [0.15, 0.2) is 34.4 Å². The molecular formula is C14H9FN4OS. The van der Waals surface area contributed by atoms with Crippen molar-refractivity contribution in [3.8, 4) is 6.07 Å². The number of anilines is 1. The molecule has 5 nitrogen and oxygen atoms in total. The molecule has 0 aliphatic carbocycles. The first-order valence-corrected chi connectivity index (χ1v) is 6.95. The molecule has 0 aliphatic rings. The number of rotatable bonds is 3. The van der Waals surface area contributed by atoms with Gasteiger partial charge in [0.2, 0.25) is 0 Å². The predicted molar refractivity (Wildman–Crippen MR) is 78.7 cm³/mol. The third kappa shape index (κ3) is 2.61. The van der Waals surface area contributed by atoms with Crippen LogP contribution in [0.4, 0.5) is 10.1 Å². The Morgan fingerprint density at radius 1 is 1.43 bits per heavy atom. The van der Waals surface area contributed by atoms with Crippen LogP contribution in [0.2, 0.25) is 0 Å². The molecule has 7 heteroatoms. The molecule has 2 aromatic heterocycles. The number of benzene rings is 1. The summed E-state index contributed by atoms with van der Waals surface area (Å²) in [7, 11) is 0. The average Bonchev–Trinajstić information content (AvgIpc) is 2.95. The zero-order valence-electron chi connectivity index (χ0n) is 10.7. The van der Waals surface area contributed by atoms with Crippen molar-refractivity contribution in [2.45, 2.75) is 6.54 Å². The number of nitrogens with zero attached hydrogens (tertiary/aromatic N) is 2. The van der Waals surface area contributed by atoms with Gasteiger partial charge >= 0.3 is 0 Å². The zero-order valence-corrected chi connectivity index (χ0v) is 11.5. The van der Waals surface area contributed by atoms with E-state index >= 15 is 0 Å². The van der Waals surface area contributed by atoms with Crippen molar-refractivity contribution in [1.82, 2.24) is 9.97 Å². The predicted octanol–water partition coefficient (Wildman–Crippen LogP) is 2.61. The van der Waals surface area contributed by atoms with Gasteiger partial charge in [0.05, 0.1) is 29.4 Å². The van der Waals surface area contributed by atoms with E-state index in [1.54, 1.807) is 11.4 Å². The number of aromatic amines is 1. The molecular weight excluding hydrogens is 291 g/mol. The molecule has 0 radical (unpaired) electrons. The van der Waals surface area contributed by atoms with E-state index in [-0.39, 0.29) is 23.4 Å². The van der Waals surface area contributed by atoms with Gasteiger partial charge in [-0.2, -0.15) is 5.26 Å². The molecule has 1 aromatic carbocycles. The highest BCUT2D eigenvalue weighted by molar-refractivity contribution is 7.17. The van der Waals surface area contributed by atoms with Gasteiger partial charge < -0.3 is 10.3 Å². The van der Waals surface area contributed by atoms with Gasteiger partial charge in [0.15, 0.2) is 0 Å². The van der Waals surface area contributed by atoms with E-state index in [0.717, 1.165) is 6.07 Å². The van der Waals surface area contributed by atoms with Crippen molar-refractivity contribution in [3.63, 3.8) is 0 Å². The minimum atomic E-state index is -0.520. The van der Waals surface area contributed by atoms with Crippen LogP contribution < -0.4 is 10.9 Å². The molecule has 0 saturated heterocycles. The highest BCUT2D eigenvalue weighted by atomic mass is 32.1. The van der Waals surface area contributed by atoms with Crippen molar-refractivity contribution >= 4 is 27.2 Å². The topological polar surface area (TPSA) is 81.6 Å². The van der Waals surface area contributed by atoms with Crippen LogP contribution in [0.25, 0.3) is 10.2 Å². The molecule has 0 unspecified atom stereocenters. The van der Waals surface area contributed by atoms with Crippen molar-refractivity contribution in [2.75, 3.05) is 5.32 Å². The summed E-state index contributed by atoms with van der Waals surface area (Å²) < 4.78 is 14.3. The lowest BCUT2D eigenvalue weighted by Crippen LogP contribution is -2.13. The van der Waals surface area contributed by atoms with Gasteiger partial charge in [0.25, 0.3) is 5.56 Å². The Labute approximate surface area is 122 Å². The number of fused-ring (bicyclic) bond motifs is 1. The second kappa shape index (κ2) is 5.34. The smallest absolute Gasteiger partial charge is 0.268 e. The lowest BCUT2D eigenvalue weighted by molar-refractivity contribution is 0.629. The van der Waals surface area contributed by atoms with E-state index in [2.05, 4.69) is 15.3 Å². The molecule has 0 amide bonds. The largest absolute Gasteiger partial charge is 0.375 e. The van der Waals surface area contributed by atoms with Gasteiger partial charge in [-0.3, -0.25) is 4.79 Å². The SMILES string of the molecule is N#Cc1ccc(NCc2nc3ccsc3c(=O)[nH]2)c(F)c1. The van der Waals surface area contributed by atoms with Gasteiger partial charge in [-0.1, -0.05) is 0 Å². The van der Waals surface area contributed by atoms with E-state index < -0.39 is 5.82 Å². The highest BCUT2D eigenvalue weighted by Crippen LogP contribution is 2.17. The fraction of sp³-hybridized carbons (Fsp3) is 0.0714. The minimum Gasteiger partial charge on any atom is -0.375 e. The molecule has 2 heterocycles. The molecule has 2 N–H and O–H groups in total. The number of hydrogen-bond acceptors (Lipinski definition) is 5. The zero-order chi connectivity index (χ0) is 14.8. The van der Waals surface area contributed by atoms with Crippen LogP contribution in [-0.4, -0.2) is 9.97 Å². The molecule has 0 spiro atoms. The Balaban J connectivity index is 1.83. The lowest BCUT2D eigenvalue weighted by atomic mass is 10.2. The maximum atomic E-state index is 13.7. The normalized spacial score (nSPS) is 10.5. The molecule has 3 rings (SSSR count). The fourth-order valence-electron chi connectivity index (χ4n) is 1.91. The minimum absolute atomic E-state index is 0.184. The van der Waals surface area contributed by atoms with E-state index in [9.17, 15) is 9.18 Å². The Kier molecular flexibility index (Phi) is 3.38. The van der Waals surface area contributed by atoms with Crippen LogP contribution >= 0.6 is 11.3 Å². The number of nitrogens with one attached hydrogen (secondary N) is 2. The molecule has 0 bridgehead atoms. The van der Waals surface area contributed by atoms with E-state index in [1.807, 2.05) is 6.07 Å². The first-order chi connectivity index (χ1) is 10.2. The van der Waals surface area contributed by atoms with Crippen molar-refractivity contribution in [2.24, 2.45) is 0 Å². The molecule has 0 fully saturated rings. The van der Waals surface area contributed by atoms with E-state index in [0.29, 0.717) is 16.0 Å². The Morgan fingerprint density at radius 2 is 2.29 bits per heavy atom. The summed E-state index contributed by atoms with van der Waals surface area (Å²) in [4.78, 5) is 18.7. The summed E-state index contributed by atoms with van der Waals surface area (Å²) in [6, 6.07) is 7.78. The maximum absolute atomic E-state index is 13.7. The average molecular weight is 300 g/mol. The number of aromatic nitrogens is 2. The van der Waals surface area contributed by atoms with Crippen LogP contribution in [-0.2, 0) is 6.54 Å². The summed E-state index contributed by atoms with van der Waals surface area (Å²) in [5.41, 5.74) is 0.930. The molecule has 0 aliphatic heterocycles. The summed E-state index contributed by atoms with van der Waals surface area (Å²) in [5, 5.41) is 13.3. The second-order valence-corrected chi connectivity index (χ2v) is 5.22. The van der Waals surface area contributed by atoms with Crippen LogP contribution in [0.3, 0.4) is 0 Å². The van der Waals surface area contributed by atoms with Crippen molar-refractivity contribution < 1.29 is 4.39 Å². The first kappa shape index (κ1) is 13.3. The molecule has 0 atom stereocenters. The third-order valence-corrected chi connectivity index (χ3v) is 3.81. The number of hydrogen-bond donors (Lipinski definition) is 2. The van der Waals surface area contributed by atoms with Crippen LogP contribution in [0.5, 0.6) is 0 Å². The Bertz CT molecular complexity index is 909. The molecule has 104 valence electrons. The van der Waals surface area contributed by atoms with Gasteiger partial charge in [0, 0.05) is 0 Å². The fourth-order valence-corrected chi connectivity index (χ4v) is 2.64. The summed E-state index contributed by atoms with van der Waals surface area (Å²) in [6.07, 6.45) is 0. The third-order valence-electron chi connectivity index (χ3n) is 2.91. The number of thiophene rings is 1. The van der Waals surface area contributed by atoms with E-state index in [4.69, 9.17) is 5.26 Å². The van der Waals surface area contributed by atoms with Gasteiger partial charge in [-0.25, -0.2) is 9.37 Å². The Morgan fingerprint density at radius 3 is 3.05 bits per heavy atom. The summed E-state index contributed by atoms with van der Waals surface area (Å²) >= 11 is 1.33. The van der Waals surface area contributed by atoms with Gasteiger partial charge in [-0.05, 0) is 29.6 Å². The van der Waals surface area contributed by atoms with E-state index in [1.165, 1.54) is 23.5 Å². The summed E-state index contributed by atoms with van der Waals surface area (Å²) in [5.74, 6) is -0.0948. The first-order valence-electron chi connectivity index (χ1n) is 6.07. The van der Waals surface area contributed by atoms with Gasteiger partial charge in [0.1, 0.15) is 16.3 Å². The van der Waals surface area contributed by atoms with Crippen LogP contribution in [0.1, 0.15) is 11.4 Å². The summed E-state index contributed by atoms with van der Waals surface area (Å²) in [6.45, 7) is 0.184. The quantitative estimate of drug-likeness (QED) is 0.779. The van der Waals surface area contributed by atoms with Crippen molar-refractivity contribution in [3.05, 3.63) is 57.2 Å². The second-order valence-electron chi connectivity index (χ2n) is 4.31. The molecule has 3 aromatic rings.